The third kappa shape index (κ3) is 4.07. The molecule has 2 aliphatic heterocycles. The number of thiazole rings is 1. The van der Waals surface area contributed by atoms with Crippen LogP contribution in [-0.2, 0) is 10.3 Å². The summed E-state index contributed by atoms with van der Waals surface area (Å²) in [6, 6.07) is 3.23. The molecule has 1 fully saturated rings. The fourth-order valence-corrected chi connectivity index (χ4v) is 5.61. The summed E-state index contributed by atoms with van der Waals surface area (Å²) >= 11 is 3.02. The molecule has 8 nitrogen and oxygen atoms in total. The lowest BCUT2D eigenvalue weighted by Crippen LogP contribution is -2.52. The van der Waals surface area contributed by atoms with E-state index in [1.165, 1.54) is 23.8 Å². The number of fused-ring (bicyclic) bond motifs is 1. The number of anilines is 1. The highest BCUT2D eigenvalue weighted by Gasteiger charge is 2.52. The van der Waals surface area contributed by atoms with Crippen molar-refractivity contribution < 1.29 is 14.3 Å². The minimum absolute atomic E-state index is 0.211. The Morgan fingerprint density at radius 1 is 1.47 bits per heavy atom. The standard InChI is InChI=1S/C20H23N5O3S2/c1-4-27-13-5-6-14(22-8-13)16(26)23-15-10-29-17(24-15)20-11-28-19(2,3)7-12(20)9-30-18(21)25-20/h4-6,8,10,12H,1,7,9,11H2,2-3H3,(H2,21,25)(H,23,26)/t12?,20-/m0/s1. The smallest absolute Gasteiger partial charge is 0.275 e. The molecule has 0 radical (unpaired) electrons. The van der Waals surface area contributed by atoms with Gasteiger partial charge < -0.3 is 20.5 Å². The van der Waals surface area contributed by atoms with Crippen molar-refractivity contribution in [3.8, 4) is 5.75 Å². The number of rotatable bonds is 5. The van der Waals surface area contributed by atoms with E-state index in [-0.39, 0.29) is 23.1 Å². The van der Waals surface area contributed by atoms with E-state index in [0.717, 1.165) is 17.2 Å². The second kappa shape index (κ2) is 8.01. The maximum Gasteiger partial charge on any atom is 0.275 e. The highest BCUT2D eigenvalue weighted by Crippen LogP contribution is 2.49. The molecule has 2 aromatic heterocycles. The number of pyridine rings is 1. The molecule has 2 atom stereocenters. The maximum atomic E-state index is 12.5. The summed E-state index contributed by atoms with van der Waals surface area (Å²) in [6.45, 7) is 8.09. The number of hydrogen-bond acceptors (Lipinski definition) is 9. The molecule has 0 saturated carbocycles. The minimum atomic E-state index is -0.611. The quantitative estimate of drug-likeness (QED) is 0.679. The number of ether oxygens (including phenoxy) is 2. The fourth-order valence-electron chi connectivity index (χ4n) is 3.65. The molecule has 0 bridgehead atoms. The SMILES string of the molecule is C=COc1ccc(C(=O)Nc2csc([C@]34COC(C)(C)CC3CSC(N)=N4)n2)nc1. The molecule has 10 heteroatoms. The number of carbonyl (C=O) groups excluding carboxylic acids is 1. The number of aromatic nitrogens is 2. The van der Waals surface area contributed by atoms with Gasteiger partial charge in [0.25, 0.3) is 5.91 Å². The average molecular weight is 446 g/mol. The summed E-state index contributed by atoms with van der Waals surface area (Å²) in [5, 5.41) is 5.95. The van der Waals surface area contributed by atoms with Gasteiger partial charge in [-0.1, -0.05) is 18.3 Å². The molecule has 4 heterocycles. The van der Waals surface area contributed by atoms with Crippen molar-refractivity contribution in [3.63, 3.8) is 0 Å². The zero-order chi connectivity index (χ0) is 21.4. The molecule has 158 valence electrons. The molecule has 2 aliphatic rings. The molecule has 4 rings (SSSR count). The largest absolute Gasteiger partial charge is 0.464 e. The number of nitrogens with two attached hydrogens (primary N) is 1. The van der Waals surface area contributed by atoms with Crippen LogP contribution in [0.15, 0.2) is 41.5 Å². The van der Waals surface area contributed by atoms with Crippen LogP contribution in [0.25, 0.3) is 0 Å². The van der Waals surface area contributed by atoms with Crippen LogP contribution in [0.1, 0.15) is 35.8 Å². The number of thioether (sulfide) groups is 1. The van der Waals surface area contributed by atoms with Crippen molar-refractivity contribution in [2.24, 2.45) is 16.6 Å². The molecule has 0 aromatic carbocycles. The lowest BCUT2D eigenvalue weighted by atomic mass is 9.77. The van der Waals surface area contributed by atoms with Crippen molar-refractivity contribution >= 4 is 40.0 Å². The van der Waals surface area contributed by atoms with Gasteiger partial charge in [0.05, 0.1) is 24.7 Å². The Hall–Kier alpha value is -2.43. The van der Waals surface area contributed by atoms with E-state index in [1.807, 2.05) is 0 Å². The lowest BCUT2D eigenvalue weighted by Gasteiger charge is -2.47. The Balaban J connectivity index is 1.54. The lowest BCUT2D eigenvalue weighted by molar-refractivity contribution is -0.109. The van der Waals surface area contributed by atoms with Gasteiger partial charge in [0.15, 0.2) is 5.17 Å². The van der Waals surface area contributed by atoms with Gasteiger partial charge in [-0.05, 0) is 32.4 Å². The van der Waals surface area contributed by atoms with Gasteiger partial charge in [-0.2, -0.15) is 0 Å². The number of nitrogens with one attached hydrogen (secondary N) is 1. The van der Waals surface area contributed by atoms with Crippen molar-refractivity contribution in [2.45, 2.75) is 31.4 Å². The first-order valence-electron chi connectivity index (χ1n) is 9.44. The molecule has 0 aliphatic carbocycles. The van der Waals surface area contributed by atoms with Gasteiger partial charge >= 0.3 is 0 Å². The zero-order valence-corrected chi connectivity index (χ0v) is 18.4. The van der Waals surface area contributed by atoms with Crippen LogP contribution < -0.4 is 15.8 Å². The Labute approximate surface area is 183 Å². The Bertz CT molecular complexity index is 989. The molecule has 3 N–H and O–H groups in total. The molecule has 1 amide bonds. The van der Waals surface area contributed by atoms with Crippen molar-refractivity contribution in [1.29, 1.82) is 0 Å². The summed E-state index contributed by atoms with van der Waals surface area (Å²) < 4.78 is 11.2. The fraction of sp³-hybridized carbons (Fsp3) is 0.400. The maximum absolute atomic E-state index is 12.5. The average Bonchev–Trinajstić information content (AvgIpc) is 3.18. The van der Waals surface area contributed by atoms with E-state index in [9.17, 15) is 4.79 Å². The van der Waals surface area contributed by atoms with Crippen molar-refractivity contribution in [1.82, 2.24) is 9.97 Å². The van der Waals surface area contributed by atoms with Crippen molar-refractivity contribution in [3.05, 3.63) is 47.3 Å². The minimum Gasteiger partial charge on any atom is -0.464 e. The summed E-state index contributed by atoms with van der Waals surface area (Å²) in [7, 11) is 0. The Kier molecular flexibility index (Phi) is 5.56. The number of carbonyl (C=O) groups is 1. The monoisotopic (exact) mass is 445 g/mol. The van der Waals surface area contributed by atoms with Crippen LogP contribution in [0.3, 0.4) is 0 Å². The molecular weight excluding hydrogens is 422 g/mol. The third-order valence-corrected chi connectivity index (χ3v) is 7.11. The Morgan fingerprint density at radius 2 is 2.30 bits per heavy atom. The predicted octanol–water partition coefficient (Wildman–Crippen LogP) is 3.38. The number of amides is 1. The van der Waals surface area contributed by atoms with E-state index in [0.29, 0.717) is 23.3 Å². The molecule has 1 unspecified atom stereocenters. The third-order valence-electron chi connectivity index (χ3n) is 5.14. The van der Waals surface area contributed by atoms with Crippen LogP contribution in [-0.4, -0.2) is 39.0 Å². The van der Waals surface area contributed by atoms with Gasteiger partial charge in [0, 0.05) is 17.1 Å². The number of aliphatic imine (C=N–C) groups is 1. The topological polar surface area (TPSA) is 112 Å². The van der Waals surface area contributed by atoms with Crippen LogP contribution in [0.5, 0.6) is 5.75 Å². The second-order valence-electron chi connectivity index (χ2n) is 7.79. The first kappa shape index (κ1) is 20.8. The summed E-state index contributed by atoms with van der Waals surface area (Å²) in [5.74, 6) is 1.74. The first-order chi connectivity index (χ1) is 14.3. The highest BCUT2D eigenvalue weighted by atomic mass is 32.2. The van der Waals surface area contributed by atoms with E-state index < -0.39 is 5.54 Å². The predicted molar refractivity (Wildman–Crippen MR) is 119 cm³/mol. The highest BCUT2D eigenvalue weighted by molar-refractivity contribution is 8.13. The summed E-state index contributed by atoms with van der Waals surface area (Å²) in [4.78, 5) is 26.1. The first-order valence-corrected chi connectivity index (χ1v) is 11.3. The normalized spacial score (nSPS) is 25.0. The molecule has 0 spiro atoms. The van der Waals surface area contributed by atoms with E-state index in [1.54, 1.807) is 29.3 Å². The van der Waals surface area contributed by atoms with Crippen LogP contribution in [0.2, 0.25) is 0 Å². The van der Waals surface area contributed by atoms with Gasteiger partial charge in [-0.15, -0.1) is 11.3 Å². The number of nitrogens with zero attached hydrogens (tertiary/aromatic N) is 3. The van der Waals surface area contributed by atoms with Gasteiger partial charge in [-0.3, -0.25) is 4.79 Å². The van der Waals surface area contributed by atoms with E-state index in [2.05, 4.69) is 35.7 Å². The zero-order valence-electron chi connectivity index (χ0n) is 16.8. The van der Waals surface area contributed by atoms with Crippen LogP contribution in [0.4, 0.5) is 5.82 Å². The van der Waals surface area contributed by atoms with Crippen LogP contribution in [0, 0.1) is 5.92 Å². The van der Waals surface area contributed by atoms with E-state index in [4.69, 9.17) is 20.2 Å². The number of hydrogen-bond donors (Lipinski definition) is 2. The van der Waals surface area contributed by atoms with Crippen molar-refractivity contribution in [2.75, 3.05) is 17.7 Å². The summed E-state index contributed by atoms with van der Waals surface area (Å²) in [6.07, 6.45) is 3.63. The summed E-state index contributed by atoms with van der Waals surface area (Å²) in [5.41, 5.74) is 5.51. The molecular formula is C20H23N5O3S2. The number of amidine groups is 1. The molecule has 30 heavy (non-hydrogen) atoms. The van der Waals surface area contributed by atoms with E-state index >= 15 is 0 Å². The molecule has 1 saturated heterocycles. The molecule has 2 aromatic rings. The van der Waals surface area contributed by atoms with Gasteiger partial charge in [0.1, 0.15) is 27.8 Å². The van der Waals surface area contributed by atoms with Gasteiger partial charge in [-0.25, -0.2) is 15.0 Å². The Morgan fingerprint density at radius 3 is 3.03 bits per heavy atom. The van der Waals surface area contributed by atoms with Gasteiger partial charge in [0.2, 0.25) is 0 Å². The second-order valence-corrected chi connectivity index (χ2v) is 9.69. The van der Waals surface area contributed by atoms with Crippen LogP contribution >= 0.6 is 23.1 Å².